The molecular weight excluding hydrogens is 262 g/mol. The molecular formula is C17H33N3O. The van der Waals surface area contributed by atoms with Crippen LogP contribution in [0.4, 0.5) is 0 Å². The molecule has 0 aromatic heterocycles. The summed E-state index contributed by atoms with van der Waals surface area (Å²) in [5, 5.41) is 13.7. The lowest BCUT2D eigenvalue weighted by atomic mass is 9.73. The highest BCUT2D eigenvalue weighted by Gasteiger charge is 2.36. The maximum absolute atomic E-state index is 10.3. The van der Waals surface area contributed by atoms with Gasteiger partial charge < -0.3 is 15.3 Å². The van der Waals surface area contributed by atoms with Crippen molar-refractivity contribution >= 4 is 5.96 Å². The molecule has 4 nitrogen and oxygen atoms in total. The molecule has 2 N–H and O–H groups in total. The zero-order valence-corrected chi connectivity index (χ0v) is 14.3. The molecule has 1 aliphatic carbocycles. The lowest BCUT2D eigenvalue weighted by Crippen LogP contribution is -2.43. The van der Waals surface area contributed by atoms with E-state index in [1.54, 1.807) is 0 Å². The largest absolute Gasteiger partial charge is 0.392 e. The second-order valence-electron chi connectivity index (χ2n) is 7.92. The maximum atomic E-state index is 10.3. The van der Waals surface area contributed by atoms with E-state index in [2.05, 4.69) is 37.9 Å². The van der Waals surface area contributed by atoms with E-state index < -0.39 is 0 Å². The van der Waals surface area contributed by atoms with Gasteiger partial charge in [-0.25, -0.2) is 0 Å². The summed E-state index contributed by atoms with van der Waals surface area (Å²) >= 11 is 0. The fourth-order valence-corrected chi connectivity index (χ4v) is 3.54. The van der Waals surface area contributed by atoms with Crippen LogP contribution in [-0.2, 0) is 0 Å². The van der Waals surface area contributed by atoms with Gasteiger partial charge in [-0.15, -0.1) is 0 Å². The number of aliphatic hydroxyl groups is 1. The quantitative estimate of drug-likeness (QED) is 0.621. The summed E-state index contributed by atoms with van der Waals surface area (Å²) in [5.74, 6) is 1.03. The molecule has 0 amide bonds. The van der Waals surface area contributed by atoms with E-state index in [9.17, 15) is 5.11 Å². The Hall–Kier alpha value is -0.770. The molecule has 2 fully saturated rings. The summed E-state index contributed by atoms with van der Waals surface area (Å²) in [6.45, 7) is 12.7. The fourth-order valence-electron chi connectivity index (χ4n) is 3.54. The van der Waals surface area contributed by atoms with Crippen molar-refractivity contribution in [3.05, 3.63) is 0 Å². The van der Waals surface area contributed by atoms with Gasteiger partial charge in [0.1, 0.15) is 0 Å². The monoisotopic (exact) mass is 295 g/mol. The van der Waals surface area contributed by atoms with Crippen LogP contribution < -0.4 is 5.32 Å². The number of likely N-dealkylation sites (tertiary alicyclic amines) is 1. The Morgan fingerprint density at radius 3 is 2.62 bits per heavy atom. The molecule has 0 bridgehead atoms. The minimum absolute atomic E-state index is 0.0475. The van der Waals surface area contributed by atoms with Crippen molar-refractivity contribution < 1.29 is 5.11 Å². The molecule has 122 valence electrons. The van der Waals surface area contributed by atoms with Crippen LogP contribution in [0.5, 0.6) is 0 Å². The number of aliphatic hydroxyl groups excluding tert-OH is 1. The molecule has 1 aliphatic heterocycles. The molecule has 4 heteroatoms. The first-order valence-electron chi connectivity index (χ1n) is 8.58. The molecule has 1 saturated heterocycles. The van der Waals surface area contributed by atoms with Gasteiger partial charge in [0, 0.05) is 25.0 Å². The maximum Gasteiger partial charge on any atom is 0.193 e. The zero-order valence-electron chi connectivity index (χ0n) is 14.3. The van der Waals surface area contributed by atoms with Gasteiger partial charge in [-0.2, -0.15) is 0 Å². The Bertz CT molecular complexity index is 380. The normalized spacial score (nSPS) is 33.3. The predicted molar refractivity (Wildman–Crippen MR) is 88.5 cm³/mol. The standard InChI is InChI=1S/C17H33N3O/c1-5-18-15(20-11-10-16(2,3)13-20)19-12-17(4)9-7-6-8-14(17)21/h14,21H,5-13H2,1-4H3,(H,18,19). The lowest BCUT2D eigenvalue weighted by Gasteiger charge is -2.37. The van der Waals surface area contributed by atoms with Crippen molar-refractivity contribution in [2.24, 2.45) is 15.8 Å². The first kappa shape index (κ1) is 16.6. The zero-order chi connectivity index (χ0) is 15.5. The molecule has 0 spiro atoms. The third kappa shape index (κ3) is 4.12. The van der Waals surface area contributed by atoms with Gasteiger partial charge in [0.2, 0.25) is 0 Å². The first-order chi connectivity index (χ1) is 9.86. The fraction of sp³-hybridized carbons (Fsp3) is 0.941. The van der Waals surface area contributed by atoms with Gasteiger partial charge in [-0.3, -0.25) is 4.99 Å². The SMILES string of the molecule is CCNC(=NCC1(C)CCCCC1O)N1CCC(C)(C)C1. The highest BCUT2D eigenvalue weighted by atomic mass is 16.3. The van der Waals surface area contributed by atoms with Crippen LogP contribution in [0, 0.1) is 10.8 Å². The minimum Gasteiger partial charge on any atom is -0.392 e. The van der Waals surface area contributed by atoms with Crippen molar-refractivity contribution in [1.82, 2.24) is 10.2 Å². The van der Waals surface area contributed by atoms with Crippen molar-refractivity contribution in [1.29, 1.82) is 0 Å². The number of rotatable bonds is 3. The Kier molecular flexibility index (Phi) is 5.18. The smallest absolute Gasteiger partial charge is 0.193 e. The van der Waals surface area contributed by atoms with Crippen molar-refractivity contribution in [2.45, 2.75) is 65.9 Å². The molecule has 21 heavy (non-hydrogen) atoms. The van der Waals surface area contributed by atoms with E-state index >= 15 is 0 Å². The van der Waals surface area contributed by atoms with E-state index in [1.165, 1.54) is 12.8 Å². The number of hydrogen-bond acceptors (Lipinski definition) is 2. The molecule has 1 heterocycles. The minimum atomic E-state index is -0.201. The Balaban J connectivity index is 2.04. The highest BCUT2D eigenvalue weighted by Crippen LogP contribution is 2.36. The third-order valence-electron chi connectivity index (χ3n) is 5.18. The van der Waals surface area contributed by atoms with Gasteiger partial charge >= 0.3 is 0 Å². The van der Waals surface area contributed by atoms with E-state index in [-0.39, 0.29) is 11.5 Å². The molecule has 0 aromatic carbocycles. The molecule has 0 aromatic rings. The number of nitrogens with zero attached hydrogens (tertiary/aromatic N) is 2. The van der Waals surface area contributed by atoms with Crippen LogP contribution in [0.3, 0.4) is 0 Å². The summed E-state index contributed by atoms with van der Waals surface area (Å²) in [5.41, 5.74) is 0.332. The van der Waals surface area contributed by atoms with Crippen LogP contribution in [0.25, 0.3) is 0 Å². The lowest BCUT2D eigenvalue weighted by molar-refractivity contribution is 0.00705. The second-order valence-corrected chi connectivity index (χ2v) is 7.92. The predicted octanol–water partition coefficient (Wildman–Crippen LogP) is 2.63. The van der Waals surface area contributed by atoms with E-state index in [0.29, 0.717) is 5.41 Å². The van der Waals surface area contributed by atoms with Gasteiger partial charge in [0.25, 0.3) is 0 Å². The third-order valence-corrected chi connectivity index (χ3v) is 5.18. The summed E-state index contributed by atoms with van der Waals surface area (Å²) in [6.07, 6.45) is 5.41. The molecule has 2 aliphatic rings. The number of guanidine groups is 1. The van der Waals surface area contributed by atoms with Crippen LogP contribution in [-0.4, -0.2) is 48.2 Å². The van der Waals surface area contributed by atoms with Crippen LogP contribution >= 0.6 is 0 Å². The summed E-state index contributed by atoms with van der Waals surface area (Å²) in [6, 6.07) is 0. The molecule has 0 radical (unpaired) electrons. The summed E-state index contributed by atoms with van der Waals surface area (Å²) in [7, 11) is 0. The summed E-state index contributed by atoms with van der Waals surface area (Å²) < 4.78 is 0. The van der Waals surface area contributed by atoms with Crippen LogP contribution in [0.1, 0.15) is 59.8 Å². The number of aliphatic imine (C=N–C) groups is 1. The molecule has 1 saturated carbocycles. The molecule has 2 unspecified atom stereocenters. The van der Waals surface area contributed by atoms with E-state index in [4.69, 9.17) is 4.99 Å². The Labute approximate surface area is 130 Å². The first-order valence-corrected chi connectivity index (χ1v) is 8.58. The number of nitrogens with one attached hydrogen (secondary N) is 1. The average molecular weight is 295 g/mol. The molecule has 2 rings (SSSR count). The summed E-state index contributed by atoms with van der Waals surface area (Å²) in [4.78, 5) is 7.26. The number of hydrogen-bond donors (Lipinski definition) is 2. The highest BCUT2D eigenvalue weighted by molar-refractivity contribution is 5.80. The van der Waals surface area contributed by atoms with Gasteiger partial charge in [0.05, 0.1) is 12.6 Å². The average Bonchev–Trinajstić information content (AvgIpc) is 2.78. The van der Waals surface area contributed by atoms with Crippen LogP contribution in [0.15, 0.2) is 4.99 Å². The van der Waals surface area contributed by atoms with E-state index in [0.717, 1.165) is 51.4 Å². The van der Waals surface area contributed by atoms with Crippen molar-refractivity contribution in [3.8, 4) is 0 Å². The Morgan fingerprint density at radius 2 is 2.05 bits per heavy atom. The topological polar surface area (TPSA) is 47.9 Å². The van der Waals surface area contributed by atoms with Crippen molar-refractivity contribution in [3.63, 3.8) is 0 Å². The van der Waals surface area contributed by atoms with Crippen LogP contribution in [0.2, 0.25) is 0 Å². The van der Waals surface area contributed by atoms with Crippen molar-refractivity contribution in [2.75, 3.05) is 26.2 Å². The second kappa shape index (κ2) is 6.55. The van der Waals surface area contributed by atoms with Gasteiger partial charge in [0.15, 0.2) is 5.96 Å². The molecule has 2 atom stereocenters. The Morgan fingerprint density at radius 1 is 1.29 bits per heavy atom. The van der Waals surface area contributed by atoms with Gasteiger partial charge in [-0.1, -0.05) is 33.6 Å². The van der Waals surface area contributed by atoms with E-state index in [1.807, 2.05) is 0 Å². The van der Waals surface area contributed by atoms with Gasteiger partial charge in [-0.05, 0) is 31.6 Å².